The molecule has 0 atom stereocenters. The van der Waals surface area contributed by atoms with E-state index in [2.05, 4.69) is 10.6 Å². The van der Waals surface area contributed by atoms with E-state index in [1.807, 2.05) is 0 Å². The van der Waals surface area contributed by atoms with Crippen LogP contribution < -0.4 is 10.6 Å². The predicted octanol–water partition coefficient (Wildman–Crippen LogP) is 2.69. The Labute approximate surface area is 125 Å². The fourth-order valence-corrected chi connectivity index (χ4v) is 4.55. The third-order valence-electron chi connectivity index (χ3n) is 4.09. The molecule has 0 spiro atoms. The summed E-state index contributed by atoms with van der Waals surface area (Å²) >= 11 is 0. The second-order valence-electron chi connectivity index (χ2n) is 5.85. The third kappa shape index (κ3) is 3.37. The molecule has 0 bridgehead atoms. The van der Waals surface area contributed by atoms with Crippen molar-refractivity contribution in [3.05, 3.63) is 24.3 Å². The first kappa shape index (κ1) is 14.4. The van der Waals surface area contributed by atoms with Crippen molar-refractivity contribution in [1.29, 1.82) is 0 Å². The normalized spacial score (nSPS) is 19.4. The van der Waals surface area contributed by atoms with Crippen LogP contribution in [0.1, 0.15) is 38.5 Å². The maximum Gasteiger partial charge on any atom is 0.319 e. The Kier molecular flexibility index (Phi) is 3.89. The summed E-state index contributed by atoms with van der Waals surface area (Å²) < 4.78 is 24.8. The third-order valence-corrected chi connectivity index (χ3v) is 6.37. The standard InChI is InChI=1S/C15H20N2O3S/c18-15(16-11-5-6-11)17-12-7-9-14(10-8-12)21(19,20)13-3-1-2-4-13/h7-11,13H,1-6H2,(H2,16,17,18). The molecule has 0 aliphatic heterocycles. The number of carbonyl (C=O) groups is 1. The number of nitrogens with one attached hydrogen (secondary N) is 2. The van der Waals surface area contributed by atoms with Gasteiger partial charge in [-0.15, -0.1) is 0 Å². The summed E-state index contributed by atoms with van der Waals surface area (Å²) in [6.07, 6.45) is 5.56. The fourth-order valence-electron chi connectivity index (χ4n) is 2.70. The topological polar surface area (TPSA) is 75.3 Å². The maximum absolute atomic E-state index is 12.4. The highest BCUT2D eigenvalue weighted by Gasteiger charge is 2.30. The average molecular weight is 308 g/mol. The van der Waals surface area contributed by atoms with Crippen molar-refractivity contribution in [2.45, 2.75) is 54.7 Å². The van der Waals surface area contributed by atoms with E-state index in [4.69, 9.17) is 0 Å². The molecule has 0 aromatic heterocycles. The van der Waals surface area contributed by atoms with E-state index in [9.17, 15) is 13.2 Å². The molecule has 0 heterocycles. The van der Waals surface area contributed by atoms with E-state index >= 15 is 0 Å². The molecule has 0 unspecified atom stereocenters. The second kappa shape index (κ2) is 5.67. The van der Waals surface area contributed by atoms with Crippen LogP contribution in [0.4, 0.5) is 10.5 Å². The Morgan fingerprint density at radius 3 is 2.19 bits per heavy atom. The molecule has 1 aromatic rings. The number of urea groups is 1. The predicted molar refractivity (Wildman–Crippen MR) is 81.1 cm³/mol. The van der Waals surface area contributed by atoms with Gasteiger partial charge in [0, 0.05) is 11.7 Å². The molecule has 2 aliphatic carbocycles. The van der Waals surface area contributed by atoms with E-state index in [-0.39, 0.29) is 11.3 Å². The van der Waals surface area contributed by atoms with Crippen molar-refractivity contribution in [3.8, 4) is 0 Å². The Morgan fingerprint density at radius 2 is 1.62 bits per heavy atom. The molecular weight excluding hydrogens is 288 g/mol. The lowest BCUT2D eigenvalue weighted by molar-refractivity contribution is 0.251. The van der Waals surface area contributed by atoms with Gasteiger partial charge in [0.1, 0.15) is 0 Å². The van der Waals surface area contributed by atoms with E-state index in [0.717, 1.165) is 38.5 Å². The minimum Gasteiger partial charge on any atom is -0.335 e. The Bertz CT molecular complexity index is 615. The molecular formula is C15H20N2O3S. The van der Waals surface area contributed by atoms with Gasteiger partial charge < -0.3 is 10.6 Å². The highest BCUT2D eigenvalue weighted by atomic mass is 32.2. The van der Waals surface area contributed by atoms with E-state index in [0.29, 0.717) is 16.6 Å². The van der Waals surface area contributed by atoms with Gasteiger partial charge in [0.05, 0.1) is 10.1 Å². The zero-order chi connectivity index (χ0) is 14.9. The van der Waals surface area contributed by atoms with Gasteiger partial charge in [0.2, 0.25) is 0 Å². The number of rotatable bonds is 4. The van der Waals surface area contributed by atoms with E-state index < -0.39 is 9.84 Å². The number of sulfone groups is 1. The minimum absolute atomic E-state index is 0.232. The number of hydrogen-bond acceptors (Lipinski definition) is 3. The molecule has 0 saturated heterocycles. The monoisotopic (exact) mass is 308 g/mol. The van der Waals surface area contributed by atoms with Gasteiger partial charge in [-0.25, -0.2) is 13.2 Å². The maximum atomic E-state index is 12.4. The van der Waals surface area contributed by atoms with Gasteiger partial charge in [-0.05, 0) is 49.9 Å². The van der Waals surface area contributed by atoms with Gasteiger partial charge in [0.25, 0.3) is 0 Å². The number of hydrogen-bond donors (Lipinski definition) is 2. The Balaban J connectivity index is 1.66. The van der Waals surface area contributed by atoms with Crippen molar-refractivity contribution >= 4 is 21.6 Å². The molecule has 3 rings (SSSR count). The number of benzene rings is 1. The first-order chi connectivity index (χ1) is 10.1. The van der Waals surface area contributed by atoms with Crippen LogP contribution in [0.3, 0.4) is 0 Å². The molecule has 6 heteroatoms. The molecule has 2 aliphatic rings. The molecule has 2 N–H and O–H groups in total. The summed E-state index contributed by atoms with van der Waals surface area (Å²) in [6.45, 7) is 0. The van der Waals surface area contributed by atoms with E-state index in [1.54, 1.807) is 24.3 Å². The van der Waals surface area contributed by atoms with Crippen LogP contribution in [0.15, 0.2) is 29.2 Å². The lowest BCUT2D eigenvalue weighted by Crippen LogP contribution is -2.30. The minimum atomic E-state index is -3.22. The fraction of sp³-hybridized carbons (Fsp3) is 0.533. The SMILES string of the molecule is O=C(Nc1ccc(S(=O)(=O)C2CCCC2)cc1)NC1CC1. The van der Waals surface area contributed by atoms with Gasteiger partial charge >= 0.3 is 6.03 Å². The largest absolute Gasteiger partial charge is 0.335 e. The molecule has 2 amide bonds. The summed E-state index contributed by atoms with van der Waals surface area (Å²) in [5.74, 6) is 0. The zero-order valence-corrected chi connectivity index (χ0v) is 12.7. The highest BCUT2D eigenvalue weighted by Crippen LogP contribution is 2.30. The lowest BCUT2D eigenvalue weighted by Gasteiger charge is -2.12. The van der Waals surface area contributed by atoms with Gasteiger partial charge in [0.15, 0.2) is 9.84 Å². The van der Waals surface area contributed by atoms with Crippen LogP contribution in [0, 0.1) is 0 Å². The van der Waals surface area contributed by atoms with Crippen molar-refractivity contribution in [2.24, 2.45) is 0 Å². The summed E-state index contributed by atoms with van der Waals surface area (Å²) in [5, 5.41) is 5.30. The number of anilines is 1. The first-order valence-electron chi connectivity index (χ1n) is 7.47. The number of amides is 2. The van der Waals surface area contributed by atoms with E-state index in [1.165, 1.54) is 0 Å². The van der Waals surface area contributed by atoms with Gasteiger partial charge in [-0.1, -0.05) is 12.8 Å². The molecule has 0 radical (unpaired) electrons. The summed E-state index contributed by atoms with van der Waals surface area (Å²) in [7, 11) is -3.22. The lowest BCUT2D eigenvalue weighted by atomic mass is 10.3. The summed E-state index contributed by atoms with van der Waals surface area (Å²) in [6, 6.07) is 6.53. The van der Waals surface area contributed by atoms with Gasteiger partial charge in [-0.3, -0.25) is 0 Å². The van der Waals surface area contributed by atoms with Crippen LogP contribution in [0.2, 0.25) is 0 Å². The molecule has 1 aromatic carbocycles. The summed E-state index contributed by atoms with van der Waals surface area (Å²) in [4.78, 5) is 12.0. The van der Waals surface area contributed by atoms with Crippen molar-refractivity contribution in [1.82, 2.24) is 5.32 Å². The molecule has 5 nitrogen and oxygen atoms in total. The Hall–Kier alpha value is -1.56. The highest BCUT2D eigenvalue weighted by molar-refractivity contribution is 7.92. The zero-order valence-electron chi connectivity index (χ0n) is 11.8. The smallest absolute Gasteiger partial charge is 0.319 e. The van der Waals surface area contributed by atoms with Crippen molar-refractivity contribution in [2.75, 3.05) is 5.32 Å². The van der Waals surface area contributed by atoms with Crippen LogP contribution in [0.25, 0.3) is 0 Å². The average Bonchev–Trinajstić information content (AvgIpc) is 3.08. The number of carbonyl (C=O) groups excluding carboxylic acids is 1. The van der Waals surface area contributed by atoms with Crippen LogP contribution in [0.5, 0.6) is 0 Å². The molecule has 2 saturated carbocycles. The van der Waals surface area contributed by atoms with Crippen LogP contribution in [-0.4, -0.2) is 25.7 Å². The van der Waals surface area contributed by atoms with Crippen LogP contribution >= 0.6 is 0 Å². The van der Waals surface area contributed by atoms with Crippen LogP contribution in [-0.2, 0) is 9.84 Å². The quantitative estimate of drug-likeness (QED) is 0.898. The second-order valence-corrected chi connectivity index (χ2v) is 8.08. The van der Waals surface area contributed by atoms with Crippen molar-refractivity contribution in [3.63, 3.8) is 0 Å². The van der Waals surface area contributed by atoms with Crippen molar-refractivity contribution < 1.29 is 13.2 Å². The molecule has 114 valence electrons. The first-order valence-corrected chi connectivity index (χ1v) is 9.02. The molecule has 2 fully saturated rings. The Morgan fingerprint density at radius 1 is 1.00 bits per heavy atom. The molecule has 21 heavy (non-hydrogen) atoms. The van der Waals surface area contributed by atoms with Gasteiger partial charge in [-0.2, -0.15) is 0 Å². The summed E-state index contributed by atoms with van der Waals surface area (Å²) in [5.41, 5.74) is 0.610.